The average molecular weight is 333 g/mol. The number of carbonyl (C=O) groups excluding carboxylic acids is 2. The summed E-state index contributed by atoms with van der Waals surface area (Å²) in [6, 6.07) is 0. The zero-order chi connectivity index (χ0) is 16.6. The third-order valence-electron chi connectivity index (χ3n) is 3.54. The van der Waals surface area contributed by atoms with Crippen LogP contribution >= 0.6 is 11.6 Å². The number of alkyl carbamates (subject to hydrolysis) is 1. The Bertz CT molecular complexity index is 369. The zero-order valence-electron chi connectivity index (χ0n) is 14.0. The molecule has 1 N–H and O–H groups in total. The van der Waals surface area contributed by atoms with Crippen LogP contribution in [0.3, 0.4) is 0 Å². The average Bonchev–Trinajstić information content (AvgIpc) is 2.76. The summed E-state index contributed by atoms with van der Waals surface area (Å²) in [5.41, 5.74) is -0.451. The second kappa shape index (κ2) is 9.23. The van der Waals surface area contributed by atoms with Crippen molar-refractivity contribution in [3.63, 3.8) is 0 Å². The molecule has 1 atom stereocenters. The van der Waals surface area contributed by atoms with Crippen LogP contribution < -0.4 is 5.32 Å². The second-order valence-electron chi connectivity index (χ2n) is 6.91. The van der Waals surface area contributed by atoms with Crippen LogP contribution in [-0.2, 0) is 9.53 Å². The van der Waals surface area contributed by atoms with Crippen LogP contribution in [-0.4, -0.2) is 48.0 Å². The topological polar surface area (TPSA) is 58.6 Å². The lowest BCUT2D eigenvalue weighted by molar-refractivity contribution is -0.127. The summed E-state index contributed by atoms with van der Waals surface area (Å²) in [6.45, 7) is 7.81. The molecule has 128 valence electrons. The molecule has 0 aromatic heterocycles. The molecule has 0 bridgehead atoms. The van der Waals surface area contributed by atoms with Crippen molar-refractivity contribution >= 4 is 23.6 Å². The number of amides is 2. The Morgan fingerprint density at radius 3 is 2.59 bits per heavy atom. The smallest absolute Gasteiger partial charge is 0.407 e. The molecule has 6 heteroatoms. The van der Waals surface area contributed by atoms with Gasteiger partial charge in [-0.15, -0.1) is 11.6 Å². The van der Waals surface area contributed by atoms with E-state index < -0.39 is 5.60 Å². The van der Waals surface area contributed by atoms with Gasteiger partial charge < -0.3 is 15.0 Å². The summed E-state index contributed by atoms with van der Waals surface area (Å²) >= 11 is 5.80. The van der Waals surface area contributed by atoms with Crippen molar-refractivity contribution < 1.29 is 14.3 Å². The van der Waals surface area contributed by atoms with Crippen LogP contribution in [0, 0.1) is 5.92 Å². The molecule has 0 spiro atoms. The highest BCUT2D eigenvalue weighted by atomic mass is 35.5. The molecule has 1 saturated heterocycles. The van der Waals surface area contributed by atoms with Crippen molar-refractivity contribution in [3.8, 4) is 0 Å². The van der Waals surface area contributed by atoms with Gasteiger partial charge in [-0.1, -0.05) is 12.8 Å². The summed E-state index contributed by atoms with van der Waals surface area (Å²) in [7, 11) is 0. The molecule has 0 aliphatic carbocycles. The van der Waals surface area contributed by atoms with E-state index >= 15 is 0 Å². The summed E-state index contributed by atoms with van der Waals surface area (Å²) < 4.78 is 5.16. The fourth-order valence-electron chi connectivity index (χ4n) is 2.46. The fourth-order valence-corrected chi connectivity index (χ4v) is 2.67. The van der Waals surface area contributed by atoms with Crippen LogP contribution in [0.2, 0.25) is 0 Å². The van der Waals surface area contributed by atoms with Crippen LogP contribution in [0.5, 0.6) is 0 Å². The number of alkyl halides is 1. The largest absolute Gasteiger partial charge is 0.444 e. The number of nitrogens with one attached hydrogen (secondary N) is 1. The van der Waals surface area contributed by atoms with Crippen LogP contribution in [0.15, 0.2) is 0 Å². The van der Waals surface area contributed by atoms with E-state index in [2.05, 4.69) is 5.32 Å². The predicted molar refractivity (Wildman–Crippen MR) is 88.1 cm³/mol. The standard InChI is InChI=1S/C16H29ClN2O3/c1-16(2,3)22-15(21)18-8-6-4-5-7-9-19-12-13(11-17)10-14(19)20/h13H,4-12H2,1-3H3,(H,18,21). The number of unbranched alkanes of at least 4 members (excludes halogenated alkanes) is 3. The van der Waals surface area contributed by atoms with E-state index in [-0.39, 0.29) is 12.0 Å². The van der Waals surface area contributed by atoms with Gasteiger partial charge in [-0.3, -0.25) is 4.79 Å². The Morgan fingerprint density at radius 2 is 2.00 bits per heavy atom. The fraction of sp³-hybridized carbons (Fsp3) is 0.875. The minimum atomic E-state index is -0.451. The number of nitrogens with zero attached hydrogens (tertiary/aromatic N) is 1. The van der Waals surface area contributed by atoms with Crippen molar-refractivity contribution in [2.75, 3.05) is 25.5 Å². The number of carbonyl (C=O) groups is 2. The van der Waals surface area contributed by atoms with Crippen LogP contribution in [0.25, 0.3) is 0 Å². The minimum absolute atomic E-state index is 0.234. The molecule has 1 aliphatic rings. The van der Waals surface area contributed by atoms with Gasteiger partial charge >= 0.3 is 6.09 Å². The van der Waals surface area contributed by atoms with Gasteiger partial charge in [-0.2, -0.15) is 0 Å². The molecule has 1 aliphatic heterocycles. The minimum Gasteiger partial charge on any atom is -0.444 e. The summed E-state index contributed by atoms with van der Waals surface area (Å²) in [4.78, 5) is 25.1. The highest BCUT2D eigenvalue weighted by Crippen LogP contribution is 2.19. The van der Waals surface area contributed by atoms with Gasteiger partial charge in [-0.05, 0) is 39.5 Å². The molecule has 1 unspecified atom stereocenters. The maximum absolute atomic E-state index is 11.7. The number of halogens is 1. The van der Waals surface area contributed by atoms with Crippen molar-refractivity contribution in [1.82, 2.24) is 10.2 Å². The molecule has 2 amide bonds. The van der Waals surface area contributed by atoms with E-state index in [0.717, 1.165) is 38.8 Å². The van der Waals surface area contributed by atoms with Crippen molar-refractivity contribution in [3.05, 3.63) is 0 Å². The van der Waals surface area contributed by atoms with E-state index in [1.165, 1.54) is 0 Å². The van der Waals surface area contributed by atoms with E-state index in [1.54, 1.807) is 0 Å². The lowest BCUT2D eigenvalue weighted by atomic mass is 10.1. The maximum Gasteiger partial charge on any atom is 0.407 e. The lowest BCUT2D eigenvalue weighted by Gasteiger charge is -2.19. The van der Waals surface area contributed by atoms with Crippen LogP contribution in [0.4, 0.5) is 4.79 Å². The van der Waals surface area contributed by atoms with Gasteiger partial charge in [0, 0.05) is 31.9 Å². The van der Waals surface area contributed by atoms with E-state index in [0.29, 0.717) is 24.8 Å². The molecule has 1 heterocycles. The Kier molecular flexibility index (Phi) is 8.01. The number of rotatable bonds is 8. The van der Waals surface area contributed by atoms with Crippen molar-refractivity contribution in [1.29, 1.82) is 0 Å². The maximum atomic E-state index is 11.7. The van der Waals surface area contributed by atoms with Crippen LogP contribution in [0.1, 0.15) is 52.9 Å². The Morgan fingerprint density at radius 1 is 1.32 bits per heavy atom. The van der Waals surface area contributed by atoms with E-state index in [1.807, 2.05) is 25.7 Å². The molecular formula is C16H29ClN2O3. The molecule has 5 nitrogen and oxygen atoms in total. The highest BCUT2D eigenvalue weighted by Gasteiger charge is 2.28. The Hall–Kier alpha value is -0.970. The van der Waals surface area contributed by atoms with Gasteiger partial charge in [0.15, 0.2) is 0 Å². The van der Waals surface area contributed by atoms with Crippen molar-refractivity contribution in [2.24, 2.45) is 5.92 Å². The molecule has 0 aromatic rings. The molecule has 0 radical (unpaired) electrons. The SMILES string of the molecule is CC(C)(C)OC(=O)NCCCCCCN1CC(CCl)CC1=O. The molecule has 22 heavy (non-hydrogen) atoms. The van der Waals surface area contributed by atoms with Gasteiger partial charge in [-0.25, -0.2) is 4.79 Å². The van der Waals surface area contributed by atoms with E-state index in [9.17, 15) is 9.59 Å². The Balaban J connectivity index is 1.98. The monoisotopic (exact) mass is 332 g/mol. The van der Waals surface area contributed by atoms with Gasteiger partial charge in [0.05, 0.1) is 0 Å². The van der Waals surface area contributed by atoms with Gasteiger partial charge in [0.1, 0.15) is 5.60 Å². The normalized spacial score (nSPS) is 18.6. The molecule has 1 rings (SSSR count). The number of likely N-dealkylation sites (tertiary alicyclic amines) is 1. The molecule has 0 aromatic carbocycles. The first-order valence-corrected chi connectivity index (χ1v) is 8.66. The van der Waals surface area contributed by atoms with Crippen molar-refractivity contribution in [2.45, 2.75) is 58.5 Å². The zero-order valence-corrected chi connectivity index (χ0v) is 14.7. The number of ether oxygens (including phenoxy) is 1. The molecule has 1 fully saturated rings. The number of hydrogen-bond donors (Lipinski definition) is 1. The summed E-state index contributed by atoms with van der Waals surface area (Å²) in [6.07, 6.45) is 4.28. The lowest BCUT2D eigenvalue weighted by Crippen LogP contribution is -2.33. The first-order valence-electron chi connectivity index (χ1n) is 8.12. The predicted octanol–water partition coefficient (Wildman–Crippen LogP) is 3.16. The third kappa shape index (κ3) is 7.87. The summed E-state index contributed by atoms with van der Waals surface area (Å²) in [5.74, 6) is 1.13. The third-order valence-corrected chi connectivity index (χ3v) is 3.97. The highest BCUT2D eigenvalue weighted by molar-refractivity contribution is 6.18. The molecular weight excluding hydrogens is 304 g/mol. The second-order valence-corrected chi connectivity index (χ2v) is 7.22. The number of hydrogen-bond acceptors (Lipinski definition) is 3. The quantitative estimate of drug-likeness (QED) is 0.548. The Labute approximate surface area is 138 Å². The summed E-state index contributed by atoms with van der Waals surface area (Å²) in [5, 5.41) is 2.75. The first kappa shape index (κ1) is 19.1. The van der Waals surface area contributed by atoms with Gasteiger partial charge in [0.2, 0.25) is 5.91 Å². The molecule has 0 saturated carbocycles. The first-order chi connectivity index (χ1) is 10.3. The van der Waals surface area contributed by atoms with E-state index in [4.69, 9.17) is 16.3 Å². The van der Waals surface area contributed by atoms with Gasteiger partial charge in [0.25, 0.3) is 0 Å².